The first-order chi connectivity index (χ1) is 7.75. The van der Waals surface area contributed by atoms with Gasteiger partial charge in [-0.3, -0.25) is 0 Å². The molecule has 0 atom stereocenters. The Hall–Kier alpha value is -1.21. The first kappa shape index (κ1) is 11.3. The molecule has 2 heterocycles. The lowest BCUT2D eigenvalue weighted by Gasteiger charge is -2.30. The van der Waals surface area contributed by atoms with Crippen molar-refractivity contribution in [2.75, 3.05) is 24.6 Å². The number of nitrogens with zero attached hydrogens (tertiary/aromatic N) is 3. The molecule has 1 aliphatic rings. The summed E-state index contributed by atoms with van der Waals surface area (Å²) in [5.41, 5.74) is 1.71. The largest absolute Gasteiger partial charge is 0.480 e. The Morgan fingerprint density at radius 1 is 1.62 bits per heavy atom. The Kier molecular flexibility index (Phi) is 3.68. The van der Waals surface area contributed by atoms with Crippen LogP contribution in [0.1, 0.15) is 12.8 Å². The van der Waals surface area contributed by atoms with Crippen molar-refractivity contribution in [3.05, 3.63) is 5.51 Å². The van der Waals surface area contributed by atoms with Crippen LogP contribution in [-0.4, -0.2) is 47.1 Å². The van der Waals surface area contributed by atoms with Crippen molar-refractivity contribution in [2.24, 2.45) is 0 Å². The fraction of sp³-hybridized carbons (Fsp3) is 0.667. The highest BCUT2D eigenvalue weighted by atomic mass is 32.1. The van der Waals surface area contributed by atoms with Crippen molar-refractivity contribution in [1.82, 2.24) is 10.2 Å². The number of ether oxygens (including phenoxy) is 1. The summed E-state index contributed by atoms with van der Waals surface area (Å²) < 4.78 is 5.25. The van der Waals surface area contributed by atoms with Gasteiger partial charge in [0.05, 0.1) is 6.10 Å². The van der Waals surface area contributed by atoms with Crippen LogP contribution in [0.3, 0.4) is 0 Å². The van der Waals surface area contributed by atoms with Crippen LogP contribution in [0.15, 0.2) is 5.51 Å². The summed E-state index contributed by atoms with van der Waals surface area (Å²) in [5, 5.41) is 17.2. The zero-order valence-corrected chi connectivity index (χ0v) is 9.52. The highest BCUT2D eigenvalue weighted by molar-refractivity contribution is 7.13. The van der Waals surface area contributed by atoms with E-state index in [0.717, 1.165) is 31.1 Å². The zero-order chi connectivity index (χ0) is 11.4. The minimum Gasteiger partial charge on any atom is -0.480 e. The average Bonchev–Trinajstić information content (AvgIpc) is 2.80. The number of aliphatic carboxylic acids is 1. The predicted molar refractivity (Wildman–Crippen MR) is 58.7 cm³/mol. The first-order valence-corrected chi connectivity index (χ1v) is 5.98. The molecule has 7 heteroatoms. The number of hydrogen-bond donors (Lipinski definition) is 1. The fourth-order valence-corrected chi connectivity index (χ4v) is 2.32. The number of aromatic nitrogens is 2. The van der Waals surface area contributed by atoms with E-state index in [1.807, 2.05) is 0 Å². The van der Waals surface area contributed by atoms with Gasteiger partial charge in [-0.1, -0.05) is 11.3 Å². The quantitative estimate of drug-likeness (QED) is 0.835. The van der Waals surface area contributed by atoms with Gasteiger partial charge in [0.2, 0.25) is 5.13 Å². The van der Waals surface area contributed by atoms with Crippen molar-refractivity contribution < 1.29 is 14.6 Å². The zero-order valence-electron chi connectivity index (χ0n) is 8.70. The third-order valence-corrected chi connectivity index (χ3v) is 3.25. The van der Waals surface area contributed by atoms with Gasteiger partial charge < -0.3 is 14.7 Å². The van der Waals surface area contributed by atoms with Crippen LogP contribution >= 0.6 is 11.3 Å². The lowest BCUT2D eigenvalue weighted by atomic mass is 10.1. The predicted octanol–water partition coefficient (Wildman–Crippen LogP) is 0.608. The number of carbonyl (C=O) groups is 1. The Morgan fingerprint density at radius 2 is 2.38 bits per heavy atom. The van der Waals surface area contributed by atoms with Crippen LogP contribution in [0, 0.1) is 0 Å². The lowest BCUT2D eigenvalue weighted by molar-refractivity contribution is -0.144. The molecule has 1 aliphatic heterocycles. The first-order valence-electron chi connectivity index (χ1n) is 5.10. The molecule has 1 N–H and O–H groups in total. The van der Waals surface area contributed by atoms with Gasteiger partial charge in [0.25, 0.3) is 0 Å². The Morgan fingerprint density at radius 3 is 2.94 bits per heavy atom. The molecule has 6 nitrogen and oxygen atoms in total. The summed E-state index contributed by atoms with van der Waals surface area (Å²) >= 11 is 1.52. The van der Waals surface area contributed by atoms with E-state index in [9.17, 15) is 4.79 Å². The lowest BCUT2D eigenvalue weighted by Crippen LogP contribution is -2.37. The molecule has 0 spiro atoms. The van der Waals surface area contributed by atoms with Gasteiger partial charge in [-0.2, -0.15) is 0 Å². The molecular weight excluding hydrogens is 230 g/mol. The van der Waals surface area contributed by atoms with E-state index in [-0.39, 0.29) is 12.7 Å². The van der Waals surface area contributed by atoms with E-state index in [1.165, 1.54) is 11.3 Å². The Balaban J connectivity index is 1.76. The minimum atomic E-state index is -0.911. The molecule has 1 aromatic heterocycles. The van der Waals surface area contributed by atoms with Crippen LogP contribution in [0.5, 0.6) is 0 Å². The van der Waals surface area contributed by atoms with Gasteiger partial charge in [0.1, 0.15) is 12.1 Å². The number of carboxylic acid groups (broad SMARTS) is 1. The van der Waals surface area contributed by atoms with Crippen LogP contribution in [0.4, 0.5) is 5.13 Å². The van der Waals surface area contributed by atoms with E-state index in [2.05, 4.69) is 15.1 Å². The van der Waals surface area contributed by atoms with E-state index < -0.39 is 5.97 Å². The summed E-state index contributed by atoms with van der Waals surface area (Å²) in [6, 6.07) is 0. The number of rotatable bonds is 4. The van der Waals surface area contributed by atoms with Gasteiger partial charge in [-0.25, -0.2) is 4.79 Å². The molecule has 0 saturated carbocycles. The van der Waals surface area contributed by atoms with Crippen LogP contribution in [0.25, 0.3) is 0 Å². The second-order valence-corrected chi connectivity index (χ2v) is 4.42. The fourth-order valence-electron chi connectivity index (χ4n) is 1.71. The van der Waals surface area contributed by atoms with Gasteiger partial charge in [-0.15, -0.1) is 10.2 Å². The smallest absolute Gasteiger partial charge is 0.329 e. The molecule has 0 radical (unpaired) electrons. The van der Waals surface area contributed by atoms with Crippen molar-refractivity contribution in [1.29, 1.82) is 0 Å². The molecular formula is C9H13N3O3S. The second-order valence-electron chi connectivity index (χ2n) is 3.61. The topological polar surface area (TPSA) is 75.6 Å². The standard InChI is InChI=1S/C9H13N3O3S/c13-8(14)5-15-7-1-3-12(4-2-7)9-11-10-6-16-9/h6-7H,1-5H2,(H,13,14). The molecule has 16 heavy (non-hydrogen) atoms. The molecule has 0 aliphatic carbocycles. The third kappa shape index (κ3) is 2.89. The monoisotopic (exact) mass is 243 g/mol. The van der Waals surface area contributed by atoms with E-state index in [4.69, 9.17) is 9.84 Å². The molecule has 0 unspecified atom stereocenters. The van der Waals surface area contributed by atoms with Gasteiger partial charge in [0, 0.05) is 13.1 Å². The summed E-state index contributed by atoms with van der Waals surface area (Å²) in [7, 11) is 0. The SMILES string of the molecule is O=C(O)COC1CCN(c2nncs2)CC1. The van der Waals surface area contributed by atoms with Crippen molar-refractivity contribution in [3.63, 3.8) is 0 Å². The van der Waals surface area contributed by atoms with Crippen molar-refractivity contribution in [2.45, 2.75) is 18.9 Å². The molecule has 0 amide bonds. The second kappa shape index (κ2) is 5.22. The molecule has 1 aromatic rings. The Labute approximate surface area is 96.9 Å². The summed E-state index contributed by atoms with van der Waals surface area (Å²) in [6.07, 6.45) is 1.74. The molecule has 1 saturated heterocycles. The van der Waals surface area contributed by atoms with E-state index >= 15 is 0 Å². The van der Waals surface area contributed by atoms with E-state index in [1.54, 1.807) is 5.51 Å². The van der Waals surface area contributed by atoms with Gasteiger partial charge in [-0.05, 0) is 12.8 Å². The maximum Gasteiger partial charge on any atom is 0.329 e. The molecule has 88 valence electrons. The molecule has 0 aromatic carbocycles. The van der Waals surface area contributed by atoms with E-state index in [0.29, 0.717) is 0 Å². The molecule has 2 rings (SSSR count). The Bertz CT molecular complexity index is 336. The number of hydrogen-bond acceptors (Lipinski definition) is 6. The van der Waals surface area contributed by atoms with Crippen LogP contribution in [-0.2, 0) is 9.53 Å². The number of carboxylic acids is 1. The normalized spacial score (nSPS) is 17.6. The maximum absolute atomic E-state index is 10.3. The van der Waals surface area contributed by atoms with Crippen LogP contribution < -0.4 is 4.90 Å². The summed E-state index contributed by atoms with van der Waals surface area (Å²) in [5.74, 6) is -0.911. The highest BCUT2D eigenvalue weighted by Gasteiger charge is 2.21. The average molecular weight is 243 g/mol. The van der Waals surface area contributed by atoms with Crippen molar-refractivity contribution in [3.8, 4) is 0 Å². The minimum absolute atomic E-state index is 0.0558. The summed E-state index contributed by atoms with van der Waals surface area (Å²) in [4.78, 5) is 12.5. The van der Waals surface area contributed by atoms with Crippen molar-refractivity contribution >= 4 is 22.4 Å². The van der Waals surface area contributed by atoms with Gasteiger partial charge in [0.15, 0.2) is 0 Å². The third-order valence-electron chi connectivity index (χ3n) is 2.50. The number of piperidine rings is 1. The summed E-state index contributed by atoms with van der Waals surface area (Å²) in [6.45, 7) is 1.49. The van der Waals surface area contributed by atoms with Crippen LogP contribution in [0.2, 0.25) is 0 Å². The maximum atomic E-state index is 10.3. The molecule has 1 fully saturated rings. The van der Waals surface area contributed by atoms with Gasteiger partial charge >= 0.3 is 5.97 Å². The highest BCUT2D eigenvalue weighted by Crippen LogP contribution is 2.21. The molecule has 0 bridgehead atoms. The number of anilines is 1.